The number of anilines is 1. The molecule has 2 aliphatic rings. The molecule has 2 aliphatic heterocycles. The topological polar surface area (TPSA) is 122 Å². The summed E-state index contributed by atoms with van der Waals surface area (Å²) < 4.78 is 10.6. The number of nitrogens with zero attached hydrogens (tertiary/aromatic N) is 2. The smallest absolute Gasteiger partial charge is 0.335 e. The summed E-state index contributed by atoms with van der Waals surface area (Å²) >= 11 is 0. The van der Waals surface area contributed by atoms with Crippen molar-refractivity contribution in [3.63, 3.8) is 0 Å². The van der Waals surface area contributed by atoms with E-state index in [-0.39, 0.29) is 17.8 Å². The number of ether oxygens (including phenoxy) is 2. The molecule has 10 nitrogen and oxygen atoms in total. The van der Waals surface area contributed by atoms with Crippen LogP contribution >= 0.6 is 0 Å². The predicted molar refractivity (Wildman–Crippen MR) is 136 cm³/mol. The second-order valence-electron chi connectivity index (χ2n) is 8.47. The molecule has 190 valence electrons. The van der Waals surface area contributed by atoms with Crippen molar-refractivity contribution >= 4 is 41.4 Å². The largest absolute Gasteiger partial charge is 0.497 e. The average molecular weight is 511 g/mol. The summed E-state index contributed by atoms with van der Waals surface area (Å²) in [6.45, 7) is -0.0822. The number of methoxy groups -OCH3 is 2. The highest BCUT2D eigenvalue weighted by Crippen LogP contribution is 2.30. The Bertz CT molecular complexity index is 1520. The van der Waals surface area contributed by atoms with Gasteiger partial charge < -0.3 is 9.47 Å². The van der Waals surface area contributed by atoms with Gasteiger partial charge >= 0.3 is 6.03 Å². The minimum absolute atomic E-state index is 0.0822. The van der Waals surface area contributed by atoms with Gasteiger partial charge in [-0.25, -0.2) is 9.69 Å². The number of urea groups is 1. The van der Waals surface area contributed by atoms with Gasteiger partial charge in [0.2, 0.25) is 0 Å². The second-order valence-corrected chi connectivity index (χ2v) is 8.47. The van der Waals surface area contributed by atoms with E-state index in [0.29, 0.717) is 33.8 Å². The third-order valence-electron chi connectivity index (χ3n) is 6.24. The molecule has 38 heavy (non-hydrogen) atoms. The molecule has 3 aromatic rings. The molecule has 0 atom stereocenters. The SMILES string of the molecule is COc1cccc(N2C(=O)NC(=O)/C(=C/c3ccc(OC)c(CN4C(=O)c5ccccc5C4=O)c3)C2=O)c1. The lowest BCUT2D eigenvalue weighted by Crippen LogP contribution is -2.54. The number of carbonyl (C=O) groups excluding carboxylic acids is 5. The summed E-state index contributed by atoms with van der Waals surface area (Å²) in [7, 11) is 2.91. The molecule has 1 fully saturated rings. The van der Waals surface area contributed by atoms with Crippen LogP contribution in [-0.4, -0.2) is 48.8 Å². The molecular formula is C28H21N3O7. The van der Waals surface area contributed by atoms with Crippen molar-refractivity contribution < 1.29 is 33.4 Å². The first-order valence-electron chi connectivity index (χ1n) is 11.5. The van der Waals surface area contributed by atoms with E-state index in [0.717, 1.165) is 9.80 Å². The number of benzene rings is 3. The third kappa shape index (κ3) is 4.17. The van der Waals surface area contributed by atoms with E-state index >= 15 is 0 Å². The van der Waals surface area contributed by atoms with Gasteiger partial charge in [0.05, 0.1) is 37.6 Å². The molecule has 2 heterocycles. The zero-order chi connectivity index (χ0) is 27.0. The number of hydrogen-bond acceptors (Lipinski definition) is 7. The summed E-state index contributed by atoms with van der Waals surface area (Å²) in [4.78, 5) is 66.1. The van der Waals surface area contributed by atoms with E-state index < -0.39 is 29.7 Å². The fraction of sp³-hybridized carbons (Fsp3) is 0.107. The summed E-state index contributed by atoms with van der Waals surface area (Å²) in [6, 6.07) is 16.8. The molecule has 0 aromatic heterocycles. The minimum atomic E-state index is -0.883. The molecular weight excluding hydrogens is 490 g/mol. The van der Waals surface area contributed by atoms with Crippen LogP contribution in [0.3, 0.4) is 0 Å². The first-order valence-corrected chi connectivity index (χ1v) is 11.5. The highest BCUT2D eigenvalue weighted by atomic mass is 16.5. The highest BCUT2D eigenvalue weighted by molar-refractivity contribution is 6.39. The van der Waals surface area contributed by atoms with Crippen molar-refractivity contribution in [1.29, 1.82) is 0 Å². The fourth-order valence-corrected chi connectivity index (χ4v) is 4.37. The third-order valence-corrected chi connectivity index (χ3v) is 6.24. The first kappa shape index (κ1) is 24.4. The number of barbiturate groups is 1. The van der Waals surface area contributed by atoms with Crippen molar-refractivity contribution in [2.75, 3.05) is 19.1 Å². The molecule has 0 saturated carbocycles. The van der Waals surface area contributed by atoms with Crippen LogP contribution in [0.4, 0.5) is 10.5 Å². The zero-order valence-electron chi connectivity index (χ0n) is 20.4. The first-order chi connectivity index (χ1) is 18.3. The molecule has 0 aliphatic carbocycles. The Morgan fingerprint density at radius 2 is 1.50 bits per heavy atom. The molecule has 10 heteroatoms. The van der Waals surface area contributed by atoms with Crippen LogP contribution in [0.2, 0.25) is 0 Å². The number of amides is 6. The van der Waals surface area contributed by atoms with Crippen molar-refractivity contribution in [1.82, 2.24) is 10.2 Å². The normalized spacial score (nSPS) is 16.2. The lowest BCUT2D eigenvalue weighted by atomic mass is 10.0. The van der Waals surface area contributed by atoms with E-state index in [1.165, 1.54) is 26.4 Å². The van der Waals surface area contributed by atoms with Crippen molar-refractivity contribution in [3.8, 4) is 11.5 Å². The Hall–Kier alpha value is -5.25. The molecule has 1 N–H and O–H groups in total. The Morgan fingerprint density at radius 1 is 0.789 bits per heavy atom. The summed E-state index contributed by atoms with van der Waals surface area (Å²) in [5.74, 6) is -1.67. The molecule has 5 rings (SSSR count). The number of nitrogens with one attached hydrogen (secondary N) is 1. The van der Waals surface area contributed by atoms with Gasteiger partial charge in [-0.2, -0.15) is 0 Å². The maximum Gasteiger partial charge on any atom is 0.335 e. The van der Waals surface area contributed by atoms with E-state index in [1.54, 1.807) is 60.7 Å². The number of fused-ring (bicyclic) bond motifs is 1. The Balaban J connectivity index is 1.48. The van der Waals surface area contributed by atoms with Crippen LogP contribution in [0.15, 0.2) is 72.3 Å². The Morgan fingerprint density at radius 3 is 2.16 bits per heavy atom. The summed E-state index contributed by atoms with van der Waals surface area (Å²) in [6.07, 6.45) is 1.34. The van der Waals surface area contributed by atoms with Crippen molar-refractivity contribution in [3.05, 3.63) is 94.6 Å². The van der Waals surface area contributed by atoms with Gasteiger partial charge in [-0.3, -0.25) is 29.4 Å². The number of imide groups is 3. The van der Waals surface area contributed by atoms with Gasteiger partial charge in [0, 0.05) is 11.6 Å². The van der Waals surface area contributed by atoms with E-state index in [1.807, 2.05) is 0 Å². The van der Waals surface area contributed by atoms with Gasteiger partial charge in [-0.15, -0.1) is 0 Å². The van der Waals surface area contributed by atoms with Crippen molar-refractivity contribution in [2.45, 2.75) is 6.54 Å². The van der Waals surface area contributed by atoms with Gasteiger partial charge in [0.25, 0.3) is 23.6 Å². The quantitative estimate of drug-likeness (QED) is 0.306. The zero-order valence-corrected chi connectivity index (χ0v) is 20.4. The van der Waals surface area contributed by atoms with Crippen LogP contribution in [0.25, 0.3) is 6.08 Å². The summed E-state index contributed by atoms with van der Waals surface area (Å²) in [5, 5.41) is 2.18. The van der Waals surface area contributed by atoms with Crippen LogP contribution in [-0.2, 0) is 16.1 Å². The van der Waals surface area contributed by atoms with Crippen molar-refractivity contribution in [2.24, 2.45) is 0 Å². The van der Waals surface area contributed by atoms with Gasteiger partial charge in [0.1, 0.15) is 17.1 Å². The minimum Gasteiger partial charge on any atom is -0.497 e. The predicted octanol–water partition coefficient (Wildman–Crippen LogP) is 3.17. The monoisotopic (exact) mass is 511 g/mol. The lowest BCUT2D eigenvalue weighted by molar-refractivity contribution is -0.122. The lowest BCUT2D eigenvalue weighted by Gasteiger charge is -2.26. The van der Waals surface area contributed by atoms with Gasteiger partial charge in [0.15, 0.2) is 0 Å². The average Bonchev–Trinajstić information content (AvgIpc) is 3.16. The van der Waals surface area contributed by atoms with Crippen LogP contribution in [0.1, 0.15) is 31.8 Å². The molecule has 1 saturated heterocycles. The number of rotatable bonds is 6. The van der Waals surface area contributed by atoms with Crippen LogP contribution in [0, 0.1) is 0 Å². The maximum absolute atomic E-state index is 13.3. The molecule has 0 unspecified atom stereocenters. The Kier molecular flexibility index (Phi) is 6.21. The van der Waals surface area contributed by atoms with Crippen LogP contribution < -0.4 is 19.7 Å². The van der Waals surface area contributed by atoms with E-state index in [2.05, 4.69) is 5.32 Å². The van der Waals surface area contributed by atoms with E-state index in [4.69, 9.17) is 9.47 Å². The second kappa shape index (κ2) is 9.66. The van der Waals surface area contributed by atoms with E-state index in [9.17, 15) is 24.0 Å². The Labute approximate surface area is 217 Å². The summed E-state index contributed by atoms with van der Waals surface area (Å²) in [5.41, 5.74) is 1.51. The molecule has 6 amide bonds. The molecule has 3 aromatic carbocycles. The maximum atomic E-state index is 13.3. The van der Waals surface area contributed by atoms with Gasteiger partial charge in [-0.1, -0.05) is 24.3 Å². The fourth-order valence-electron chi connectivity index (χ4n) is 4.37. The number of hydrogen-bond donors (Lipinski definition) is 1. The molecule has 0 spiro atoms. The van der Waals surface area contributed by atoms with Crippen LogP contribution in [0.5, 0.6) is 11.5 Å². The van der Waals surface area contributed by atoms with Gasteiger partial charge in [-0.05, 0) is 48.0 Å². The molecule has 0 bridgehead atoms. The molecule has 0 radical (unpaired) electrons. The standard InChI is InChI=1S/C28H21N3O7/c1-37-19-7-5-6-18(14-19)31-27(35)22(24(32)29-28(31)36)13-16-10-11-23(38-2)17(12-16)15-30-25(33)20-8-3-4-9-21(20)26(30)34/h3-14H,15H2,1-2H3,(H,29,32,36)/b22-13-. The highest BCUT2D eigenvalue weighted by Gasteiger charge is 2.38. The number of carbonyl (C=O) groups is 5.